The van der Waals surface area contributed by atoms with Crippen molar-refractivity contribution >= 4 is 17.9 Å². The van der Waals surface area contributed by atoms with E-state index >= 15 is 0 Å². The van der Waals surface area contributed by atoms with Gasteiger partial charge >= 0.3 is 0 Å². The van der Waals surface area contributed by atoms with Gasteiger partial charge in [-0.25, -0.2) is 4.79 Å². The van der Waals surface area contributed by atoms with Crippen molar-refractivity contribution in [2.75, 3.05) is 0 Å². The second-order valence-corrected chi connectivity index (χ2v) is 3.51. The van der Waals surface area contributed by atoms with Crippen molar-refractivity contribution < 1.29 is 4.79 Å². The van der Waals surface area contributed by atoms with Crippen molar-refractivity contribution in [3.05, 3.63) is 71.8 Å². The Hall–Kier alpha value is -2.44. The molecule has 0 saturated carbocycles. The average Bonchev–Trinajstić information content (AvgIpc) is 2.40. The summed E-state index contributed by atoms with van der Waals surface area (Å²) in [5, 5.41) is 0. The molecule has 0 N–H and O–H groups in total. The van der Waals surface area contributed by atoms with Crippen molar-refractivity contribution in [1.82, 2.24) is 0 Å². The van der Waals surface area contributed by atoms with E-state index in [4.69, 9.17) is 0 Å². The van der Waals surface area contributed by atoms with Gasteiger partial charge in [0.1, 0.15) is 0 Å². The van der Waals surface area contributed by atoms with Gasteiger partial charge in [-0.3, -0.25) is 0 Å². The Kier molecular flexibility index (Phi) is 3.64. The molecule has 0 amide bonds. The lowest BCUT2D eigenvalue weighted by Gasteiger charge is -2.00. The fourth-order valence-electron chi connectivity index (χ4n) is 1.55. The topological polar surface area (TPSA) is 29.4 Å². The number of hydrogen-bond acceptors (Lipinski definition) is 2. The fraction of sp³-hybridized carbons (Fsp3) is 0. The highest BCUT2D eigenvalue weighted by Crippen LogP contribution is 2.18. The summed E-state index contributed by atoms with van der Waals surface area (Å²) < 4.78 is 0. The highest BCUT2D eigenvalue weighted by atomic mass is 16.1. The zero-order chi connectivity index (χ0) is 11.9. The maximum Gasteiger partial charge on any atom is 0.240 e. The van der Waals surface area contributed by atoms with E-state index in [1.54, 1.807) is 6.08 Å². The molecular formula is C15H11NO. The van der Waals surface area contributed by atoms with E-state index in [0.717, 1.165) is 11.1 Å². The van der Waals surface area contributed by atoms with Gasteiger partial charge < -0.3 is 0 Å². The van der Waals surface area contributed by atoms with Crippen molar-refractivity contribution in [2.24, 2.45) is 4.99 Å². The van der Waals surface area contributed by atoms with Crippen LogP contribution in [-0.2, 0) is 4.79 Å². The Morgan fingerprint density at radius 1 is 0.941 bits per heavy atom. The molecule has 0 fully saturated rings. The third-order valence-electron chi connectivity index (χ3n) is 2.34. The molecule has 0 aliphatic carbocycles. The number of benzene rings is 2. The van der Waals surface area contributed by atoms with E-state index in [0.29, 0.717) is 5.70 Å². The van der Waals surface area contributed by atoms with Crippen molar-refractivity contribution in [3.63, 3.8) is 0 Å². The molecule has 0 heterocycles. The zero-order valence-corrected chi connectivity index (χ0v) is 9.21. The summed E-state index contributed by atoms with van der Waals surface area (Å²) in [6.45, 7) is 0. The third-order valence-corrected chi connectivity index (χ3v) is 2.34. The molecule has 0 aromatic heterocycles. The molecular weight excluding hydrogens is 210 g/mol. The van der Waals surface area contributed by atoms with Gasteiger partial charge in [-0.2, -0.15) is 4.99 Å². The lowest BCUT2D eigenvalue weighted by molar-refractivity contribution is 0.565. The second kappa shape index (κ2) is 5.59. The Bertz CT molecular complexity index is 552. The van der Waals surface area contributed by atoms with Gasteiger partial charge in [0.25, 0.3) is 0 Å². The summed E-state index contributed by atoms with van der Waals surface area (Å²) in [6.07, 6.45) is 3.45. The first-order chi connectivity index (χ1) is 8.40. The first kappa shape index (κ1) is 11.1. The molecule has 0 bridgehead atoms. The van der Waals surface area contributed by atoms with Crippen LogP contribution in [0.25, 0.3) is 11.8 Å². The van der Waals surface area contributed by atoms with E-state index in [9.17, 15) is 4.79 Å². The van der Waals surface area contributed by atoms with Gasteiger partial charge in [0, 0.05) is 5.56 Å². The van der Waals surface area contributed by atoms with Crippen LogP contribution < -0.4 is 0 Å². The van der Waals surface area contributed by atoms with E-state index in [-0.39, 0.29) is 0 Å². The number of nitrogens with zero attached hydrogens (tertiary/aromatic N) is 1. The minimum absolute atomic E-state index is 0.617. The third kappa shape index (κ3) is 3.00. The molecule has 0 saturated heterocycles. The Morgan fingerprint density at radius 3 is 2.12 bits per heavy atom. The number of rotatable bonds is 3. The molecule has 2 heteroatoms. The van der Waals surface area contributed by atoms with Gasteiger partial charge in [0.2, 0.25) is 6.08 Å². The summed E-state index contributed by atoms with van der Waals surface area (Å²) in [5.41, 5.74) is 2.52. The molecule has 0 aliphatic heterocycles. The number of carbonyl (C=O) groups excluding carboxylic acids is 1. The average molecular weight is 221 g/mol. The minimum atomic E-state index is 0.617. The van der Waals surface area contributed by atoms with Gasteiger partial charge in [-0.15, -0.1) is 0 Å². The predicted octanol–water partition coefficient (Wildman–Crippen LogP) is 3.52. The maximum absolute atomic E-state index is 10.4. The van der Waals surface area contributed by atoms with Crippen LogP contribution in [0.2, 0.25) is 0 Å². The Balaban J connectivity index is 2.43. The molecule has 2 nitrogen and oxygen atoms in total. The first-order valence-corrected chi connectivity index (χ1v) is 5.30. The molecule has 2 rings (SSSR count). The minimum Gasteiger partial charge on any atom is -0.211 e. The molecule has 17 heavy (non-hydrogen) atoms. The normalized spacial score (nSPS) is 10.7. The standard InChI is InChI=1S/C15H11NO/c17-12-16-15(14-9-5-2-6-10-14)11-13-7-3-1-4-8-13/h1-11H/b15-11-. The van der Waals surface area contributed by atoms with Gasteiger partial charge in [-0.1, -0.05) is 60.7 Å². The summed E-state index contributed by atoms with van der Waals surface area (Å²) >= 11 is 0. The first-order valence-electron chi connectivity index (χ1n) is 5.30. The molecule has 2 aromatic carbocycles. The second-order valence-electron chi connectivity index (χ2n) is 3.51. The predicted molar refractivity (Wildman–Crippen MR) is 68.9 cm³/mol. The number of isocyanates is 1. The van der Waals surface area contributed by atoms with Gasteiger partial charge in [0.15, 0.2) is 0 Å². The molecule has 0 unspecified atom stereocenters. The largest absolute Gasteiger partial charge is 0.240 e. The van der Waals surface area contributed by atoms with Crippen molar-refractivity contribution in [1.29, 1.82) is 0 Å². The lowest BCUT2D eigenvalue weighted by Crippen LogP contribution is -1.81. The van der Waals surface area contributed by atoms with E-state index in [1.807, 2.05) is 66.7 Å². The summed E-state index contributed by atoms with van der Waals surface area (Å²) in [5.74, 6) is 0. The number of hydrogen-bond donors (Lipinski definition) is 0. The SMILES string of the molecule is O=C=N/C(=C\c1ccccc1)c1ccccc1. The lowest BCUT2D eigenvalue weighted by atomic mass is 10.1. The van der Waals surface area contributed by atoms with Crippen LogP contribution in [0.4, 0.5) is 0 Å². The summed E-state index contributed by atoms with van der Waals surface area (Å²) in [4.78, 5) is 14.2. The fourth-order valence-corrected chi connectivity index (χ4v) is 1.55. The van der Waals surface area contributed by atoms with E-state index in [2.05, 4.69) is 4.99 Å². The van der Waals surface area contributed by atoms with E-state index in [1.165, 1.54) is 0 Å². The van der Waals surface area contributed by atoms with Crippen LogP contribution in [0.3, 0.4) is 0 Å². The van der Waals surface area contributed by atoms with Crippen molar-refractivity contribution in [3.8, 4) is 0 Å². The van der Waals surface area contributed by atoms with E-state index < -0.39 is 0 Å². The molecule has 82 valence electrons. The maximum atomic E-state index is 10.4. The number of aliphatic imine (C=N–C) groups is 1. The molecule has 0 atom stereocenters. The van der Waals surface area contributed by atoms with Crippen LogP contribution in [0.5, 0.6) is 0 Å². The van der Waals surface area contributed by atoms with Gasteiger partial charge in [0.05, 0.1) is 5.70 Å². The highest BCUT2D eigenvalue weighted by molar-refractivity contribution is 5.82. The Morgan fingerprint density at radius 2 is 1.53 bits per heavy atom. The molecule has 0 aliphatic rings. The smallest absolute Gasteiger partial charge is 0.211 e. The highest BCUT2D eigenvalue weighted by Gasteiger charge is 1.99. The summed E-state index contributed by atoms with van der Waals surface area (Å²) in [6, 6.07) is 19.3. The molecule has 2 aromatic rings. The molecule has 0 radical (unpaired) electrons. The van der Waals surface area contributed by atoms with Crippen LogP contribution >= 0.6 is 0 Å². The van der Waals surface area contributed by atoms with Crippen LogP contribution in [0, 0.1) is 0 Å². The van der Waals surface area contributed by atoms with Gasteiger partial charge in [-0.05, 0) is 11.6 Å². The molecule has 0 spiro atoms. The van der Waals surface area contributed by atoms with Crippen molar-refractivity contribution in [2.45, 2.75) is 0 Å². The quantitative estimate of drug-likeness (QED) is 0.443. The monoisotopic (exact) mass is 221 g/mol. The zero-order valence-electron chi connectivity index (χ0n) is 9.21. The van der Waals surface area contributed by atoms with Crippen LogP contribution in [0.15, 0.2) is 65.7 Å². The Labute approximate surface area is 100.0 Å². The summed E-state index contributed by atoms with van der Waals surface area (Å²) in [7, 11) is 0. The van der Waals surface area contributed by atoms with Crippen LogP contribution in [0.1, 0.15) is 11.1 Å². The van der Waals surface area contributed by atoms with Crippen LogP contribution in [-0.4, -0.2) is 6.08 Å².